The summed E-state index contributed by atoms with van der Waals surface area (Å²) in [7, 11) is 1.44. The zero-order chi connectivity index (χ0) is 14.4. The maximum Gasteiger partial charge on any atom is 0.323 e. The van der Waals surface area contributed by atoms with Crippen LogP contribution >= 0.6 is 0 Å². The van der Waals surface area contributed by atoms with Gasteiger partial charge in [0.1, 0.15) is 6.54 Å². The number of guanidine groups is 1. The van der Waals surface area contributed by atoms with Crippen LogP contribution in [0.25, 0.3) is 11.2 Å². The molecule has 0 radical (unpaired) electrons. The number of fused-ring (bicyclic) bond motifs is 1. The fourth-order valence-electron chi connectivity index (χ4n) is 1.06. The van der Waals surface area contributed by atoms with Gasteiger partial charge in [0, 0.05) is 7.05 Å². The van der Waals surface area contributed by atoms with Gasteiger partial charge in [-0.3, -0.25) is 15.0 Å². The Morgan fingerprint density at radius 1 is 1.47 bits per heavy atom. The highest BCUT2D eigenvalue weighted by molar-refractivity contribution is 5.79. The molecule has 0 bridgehead atoms. The number of carbonyl (C=O) groups is 1. The molecule has 0 fully saturated rings. The number of rotatable bonds is 2. The largest absolute Gasteiger partial charge is 0.480 e. The van der Waals surface area contributed by atoms with Gasteiger partial charge in [-0.15, -0.1) is 0 Å². The van der Waals surface area contributed by atoms with Crippen molar-refractivity contribution in [2.24, 2.45) is 5.73 Å². The first-order chi connectivity index (χ1) is 8.91. The van der Waals surface area contributed by atoms with Gasteiger partial charge in [-0.05, 0) is 0 Å². The van der Waals surface area contributed by atoms with Crippen molar-refractivity contribution in [3.8, 4) is 0 Å². The lowest BCUT2D eigenvalue weighted by Gasteiger charge is -2.12. The smallest absolute Gasteiger partial charge is 0.323 e. The first kappa shape index (κ1) is 14.2. The number of hydrogen-bond acceptors (Lipinski definition) is 5. The number of hydrogen-bond donors (Lipinski definition) is 5. The minimum Gasteiger partial charge on any atom is -0.480 e. The Labute approximate surface area is 106 Å². The van der Waals surface area contributed by atoms with E-state index in [4.69, 9.17) is 16.2 Å². The molecule has 0 aliphatic rings. The van der Waals surface area contributed by atoms with Crippen LogP contribution in [0.3, 0.4) is 0 Å². The van der Waals surface area contributed by atoms with E-state index in [0.29, 0.717) is 11.2 Å². The maximum atomic E-state index is 10.9. The topological polar surface area (TPSA) is 165 Å². The van der Waals surface area contributed by atoms with Gasteiger partial charge in [-0.2, -0.15) is 0 Å². The highest BCUT2D eigenvalue weighted by atomic mass is 16.4. The van der Waals surface area contributed by atoms with Crippen molar-refractivity contribution in [3.63, 3.8) is 0 Å². The van der Waals surface area contributed by atoms with E-state index in [-0.39, 0.29) is 18.1 Å². The van der Waals surface area contributed by atoms with Crippen molar-refractivity contribution in [2.75, 3.05) is 13.6 Å². The van der Waals surface area contributed by atoms with Crippen LogP contribution in [0.1, 0.15) is 0 Å². The molecule has 6 N–H and O–H groups in total. The summed E-state index contributed by atoms with van der Waals surface area (Å²) < 4.78 is 0. The lowest BCUT2D eigenvalue weighted by molar-refractivity contribution is -0.137. The second kappa shape index (κ2) is 6.14. The Kier molecular flexibility index (Phi) is 4.57. The van der Waals surface area contributed by atoms with E-state index in [1.807, 2.05) is 0 Å². The first-order valence-electron chi connectivity index (χ1n) is 5.05. The number of imidazole rings is 1. The fourth-order valence-corrected chi connectivity index (χ4v) is 1.06. The van der Waals surface area contributed by atoms with E-state index in [2.05, 4.69) is 19.9 Å². The number of aromatic nitrogens is 4. The Hall–Kier alpha value is -2.91. The second-order valence-electron chi connectivity index (χ2n) is 3.47. The summed E-state index contributed by atoms with van der Waals surface area (Å²) in [6, 6.07) is 0. The van der Waals surface area contributed by atoms with E-state index in [0.717, 1.165) is 4.90 Å². The van der Waals surface area contributed by atoms with Gasteiger partial charge >= 0.3 is 5.97 Å². The molecule has 2 aromatic rings. The molecule has 10 nitrogen and oxygen atoms in total. The summed E-state index contributed by atoms with van der Waals surface area (Å²) in [5, 5.41) is 14.9. The molecule has 0 saturated carbocycles. The molecule has 0 unspecified atom stereocenters. The van der Waals surface area contributed by atoms with Crippen LogP contribution in [0.4, 0.5) is 0 Å². The standard InChI is InChI=1S/C5H4N4O.C4H9N3O2/c10-5-3-4(7-1-6-3)8-2-9-5;1-7(4(5)6)2-3(8)9/h1-2H,(H2,6,7,8,9,10);2H2,1H3,(H3,5,6)(H,8,9). The number of nitrogens with two attached hydrogens (primary N) is 1. The lowest BCUT2D eigenvalue weighted by Crippen LogP contribution is -2.36. The quantitative estimate of drug-likeness (QED) is 0.327. The molecule has 0 atom stereocenters. The molecule has 0 amide bonds. The predicted molar refractivity (Wildman–Crippen MR) is 66.7 cm³/mol. The average Bonchev–Trinajstić information content (AvgIpc) is 2.78. The number of H-pyrrole nitrogens is 2. The van der Waals surface area contributed by atoms with Crippen molar-refractivity contribution in [1.82, 2.24) is 24.8 Å². The van der Waals surface area contributed by atoms with Gasteiger partial charge in [0.15, 0.2) is 17.1 Å². The Balaban J connectivity index is 0.000000192. The zero-order valence-electron chi connectivity index (χ0n) is 10.0. The minimum absolute atomic E-state index is 0.192. The van der Waals surface area contributed by atoms with Crippen LogP contribution in [0.5, 0.6) is 0 Å². The number of nitrogens with one attached hydrogen (secondary N) is 3. The van der Waals surface area contributed by atoms with Gasteiger partial charge in [0.2, 0.25) is 0 Å². The second-order valence-corrected chi connectivity index (χ2v) is 3.47. The van der Waals surface area contributed by atoms with Gasteiger partial charge in [0.05, 0.1) is 12.7 Å². The molecule has 0 aliphatic carbocycles. The number of carboxylic acid groups (broad SMARTS) is 1. The van der Waals surface area contributed by atoms with Crippen LogP contribution in [0, 0.1) is 5.41 Å². The Morgan fingerprint density at radius 2 is 2.05 bits per heavy atom. The third-order valence-corrected chi connectivity index (χ3v) is 2.01. The van der Waals surface area contributed by atoms with E-state index < -0.39 is 5.97 Å². The highest BCUT2D eigenvalue weighted by Gasteiger charge is 2.03. The van der Waals surface area contributed by atoms with Gasteiger partial charge < -0.3 is 25.7 Å². The molecular formula is C9H13N7O3. The summed E-state index contributed by atoms with van der Waals surface area (Å²) in [5.74, 6) is -1.23. The van der Waals surface area contributed by atoms with Crippen molar-refractivity contribution < 1.29 is 9.90 Å². The number of likely N-dealkylation sites (N-methyl/N-ethyl adjacent to an activating group) is 1. The van der Waals surface area contributed by atoms with Gasteiger partial charge in [-0.25, -0.2) is 9.97 Å². The normalized spacial score (nSPS) is 9.53. The molecule has 2 rings (SSSR count). The summed E-state index contributed by atoms with van der Waals surface area (Å²) in [5.41, 5.74) is 5.60. The fraction of sp³-hybridized carbons (Fsp3) is 0.222. The van der Waals surface area contributed by atoms with E-state index in [1.54, 1.807) is 0 Å². The van der Waals surface area contributed by atoms with E-state index >= 15 is 0 Å². The van der Waals surface area contributed by atoms with Crippen LogP contribution < -0.4 is 11.3 Å². The van der Waals surface area contributed by atoms with E-state index in [1.165, 1.54) is 19.7 Å². The zero-order valence-corrected chi connectivity index (χ0v) is 10.0. The Bertz CT molecular complexity index is 632. The molecule has 0 aliphatic heterocycles. The van der Waals surface area contributed by atoms with Crippen LogP contribution in [-0.2, 0) is 4.79 Å². The molecule has 102 valence electrons. The van der Waals surface area contributed by atoms with Crippen molar-refractivity contribution in [3.05, 3.63) is 23.0 Å². The van der Waals surface area contributed by atoms with Gasteiger partial charge in [0.25, 0.3) is 5.56 Å². The SMILES string of the molecule is CN(CC(=O)O)C(=N)N.O=c1[nH]cnc2nc[nH]c12. The van der Waals surface area contributed by atoms with E-state index in [9.17, 15) is 9.59 Å². The molecule has 0 spiro atoms. The predicted octanol–water partition coefficient (Wildman–Crippen LogP) is -1.46. The number of carboxylic acids is 1. The monoisotopic (exact) mass is 267 g/mol. The molecule has 10 heteroatoms. The number of nitrogens with zero attached hydrogens (tertiary/aromatic N) is 3. The molecule has 2 aromatic heterocycles. The summed E-state index contributed by atoms with van der Waals surface area (Å²) >= 11 is 0. The van der Waals surface area contributed by atoms with Crippen LogP contribution in [0.2, 0.25) is 0 Å². The Morgan fingerprint density at radius 3 is 2.47 bits per heavy atom. The molecule has 2 heterocycles. The number of aromatic amines is 2. The minimum atomic E-state index is -0.993. The summed E-state index contributed by atoms with van der Waals surface area (Å²) in [4.78, 5) is 34.6. The van der Waals surface area contributed by atoms with Gasteiger partial charge in [-0.1, -0.05) is 0 Å². The van der Waals surface area contributed by atoms with Crippen molar-refractivity contribution >= 4 is 23.1 Å². The lowest BCUT2D eigenvalue weighted by atomic mass is 10.6. The third-order valence-electron chi connectivity index (χ3n) is 2.01. The van der Waals surface area contributed by atoms with Crippen LogP contribution in [0.15, 0.2) is 17.4 Å². The van der Waals surface area contributed by atoms with Crippen molar-refractivity contribution in [2.45, 2.75) is 0 Å². The van der Waals surface area contributed by atoms with Crippen LogP contribution in [-0.4, -0.2) is 55.5 Å². The third kappa shape index (κ3) is 4.11. The molecule has 0 saturated heterocycles. The highest BCUT2D eigenvalue weighted by Crippen LogP contribution is 1.94. The molecule has 0 aromatic carbocycles. The number of aliphatic carboxylic acids is 1. The van der Waals surface area contributed by atoms with Crippen molar-refractivity contribution in [1.29, 1.82) is 5.41 Å². The maximum absolute atomic E-state index is 10.9. The molecular weight excluding hydrogens is 254 g/mol. The average molecular weight is 267 g/mol. The summed E-state index contributed by atoms with van der Waals surface area (Å²) in [6.45, 7) is -0.227. The molecule has 19 heavy (non-hydrogen) atoms. The first-order valence-corrected chi connectivity index (χ1v) is 5.05. The summed E-state index contributed by atoms with van der Waals surface area (Å²) in [6.07, 6.45) is 2.76.